The molecule has 0 bridgehead atoms. The molecule has 1 unspecified atom stereocenters. The maximum atomic E-state index is 12.2. The van der Waals surface area contributed by atoms with Crippen LogP contribution in [0.15, 0.2) is 22.8 Å². The molecule has 1 aliphatic rings. The summed E-state index contributed by atoms with van der Waals surface area (Å²) >= 11 is 5.81. The molecule has 2 heterocycles. The molecule has 1 saturated heterocycles. The van der Waals surface area contributed by atoms with Gasteiger partial charge >= 0.3 is 0 Å². The zero-order chi connectivity index (χ0) is 12.8. The van der Waals surface area contributed by atoms with Gasteiger partial charge in [-0.15, -0.1) is 11.6 Å². The number of hydrogen-bond donors (Lipinski definition) is 0. The van der Waals surface area contributed by atoms with Crippen molar-refractivity contribution >= 4 is 17.5 Å². The van der Waals surface area contributed by atoms with Crippen LogP contribution in [0.1, 0.15) is 37.9 Å². The lowest BCUT2D eigenvalue weighted by Crippen LogP contribution is -2.44. The van der Waals surface area contributed by atoms with Gasteiger partial charge in [0.05, 0.1) is 6.26 Å². The molecule has 1 aliphatic heterocycles. The number of hydrogen-bond acceptors (Lipinski definition) is 2. The van der Waals surface area contributed by atoms with Crippen LogP contribution in [0, 0.1) is 0 Å². The van der Waals surface area contributed by atoms with Gasteiger partial charge in [0.15, 0.2) is 0 Å². The Hall–Kier alpha value is -0.960. The first kappa shape index (κ1) is 13.5. The monoisotopic (exact) mass is 269 g/mol. The molecule has 2 rings (SSSR count). The summed E-state index contributed by atoms with van der Waals surface area (Å²) in [5.74, 6) is 1.75. The van der Waals surface area contributed by atoms with Crippen LogP contribution in [0.25, 0.3) is 0 Å². The number of carbonyl (C=O) groups is 1. The Morgan fingerprint density at radius 3 is 3.11 bits per heavy atom. The highest BCUT2D eigenvalue weighted by Gasteiger charge is 2.25. The molecule has 0 N–H and O–H groups in total. The van der Waals surface area contributed by atoms with Crippen molar-refractivity contribution in [1.82, 2.24) is 4.90 Å². The summed E-state index contributed by atoms with van der Waals surface area (Å²) in [7, 11) is 0. The standard InChI is InChI=1S/C14H20ClNO2/c15-9-8-12-4-1-2-10-16(12)14(17)7-6-13-5-3-11-18-13/h3,5,11-12H,1-2,4,6-10H2. The van der Waals surface area contributed by atoms with Gasteiger partial charge in [-0.3, -0.25) is 4.79 Å². The first-order valence-corrected chi connectivity index (χ1v) is 7.22. The van der Waals surface area contributed by atoms with Crippen molar-refractivity contribution in [2.45, 2.75) is 44.6 Å². The fourth-order valence-electron chi connectivity index (χ4n) is 2.58. The van der Waals surface area contributed by atoms with Gasteiger partial charge in [-0.05, 0) is 37.8 Å². The number of halogens is 1. The average molecular weight is 270 g/mol. The molecule has 1 fully saturated rings. The summed E-state index contributed by atoms with van der Waals surface area (Å²) in [6, 6.07) is 4.12. The van der Waals surface area contributed by atoms with Gasteiger partial charge in [-0.25, -0.2) is 0 Å². The Bertz CT molecular complexity index is 362. The van der Waals surface area contributed by atoms with Gasteiger partial charge in [-0.1, -0.05) is 0 Å². The van der Waals surface area contributed by atoms with Crippen LogP contribution in [-0.2, 0) is 11.2 Å². The molecule has 0 aliphatic carbocycles. The predicted molar refractivity (Wildman–Crippen MR) is 71.7 cm³/mol. The Morgan fingerprint density at radius 1 is 1.50 bits per heavy atom. The van der Waals surface area contributed by atoms with E-state index >= 15 is 0 Å². The van der Waals surface area contributed by atoms with Crippen LogP contribution in [0.4, 0.5) is 0 Å². The molecule has 0 saturated carbocycles. The number of amides is 1. The largest absolute Gasteiger partial charge is 0.469 e. The summed E-state index contributed by atoms with van der Waals surface area (Å²) in [6.07, 6.45) is 7.21. The lowest BCUT2D eigenvalue weighted by Gasteiger charge is -2.35. The van der Waals surface area contributed by atoms with Gasteiger partial charge in [0.2, 0.25) is 5.91 Å². The first-order valence-electron chi connectivity index (χ1n) is 6.69. The van der Waals surface area contributed by atoms with Gasteiger partial charge in [-0.2, -0.15) is 0 Å². The van der Waals surface area contributed by atoms with Crippen molar-refractivity contribution in [2.24, 2.45) is 0 Å². The lowest BCUT2D eigenvalue weighted by atomic mass is 9.99. The molecule has 3 nitrogen and oxygen atoms in total. The minimum absolute atomic E-state index is 0.237. The van der Waals surface area contributed by atoms with Crippen molar-refractivity contribution in [3.63, 3.8) is 0 Å². The van der Waals surface area contributed by atoms with Crippen molar-refractivity contribution in [3.8, 4) is 0 Å². The SMILES string of the molecule is O=C(CCc1ccco1)N1CCCCC1CCCl. The fourth-order valence-corrected chi connectivity index (χ4v) is 2.84. The summed E-state index contributed by atoms with van der Waals surface area (Å²) in [5, 5.41) is 0. The molecule has 0 radical (unpaired) electrons. The number of piperidine rings is 1. The number of furan rings is 1. The van der Waals surface area contributed by atoms with E-state index in [1.165, 1.54) is 6.42 Å². The normalized spacial score (nSPS) is 20.1. The number of alkyl halides is 1. The third-order valence-electron chi connectivity index (χ3n) is 3.56. The molecule has 1 amide bonds. The van der Waals surface area contributed by atoms with E-state index in [1.54, 1.807) is 6.26 Å². The van der Waals surface area contributed by atoms with E-state index < -0.39 is 0 Å². The second kappa shape index (κ2) is 6.83. The van der Waals surface area contributed by atoms with E-state index in [9.17, 15) is 4.79 Å². The highest BCUT2D eigenvalue weighted by Crippen LogP contribution is 2.21. The molecular formula is C14H20ClNO2. The van der Waals surface area contributed by atoms with E-state index in [0.717, 1.165) is 31.6 Å². The van der Waals surface area contributed by atoms with Crippen molar-refractivity contribution in [1.29, 1.82) is 0 Å². The maximum Gasteiger partial charge on any atom is 0.223 e. The van der Waals surface area contributed by atoms with E-state index in [2.05, 4.69) is 0 Å². The zero-order valence-electron chi connectivity index (χ0n) is 10.6. The molecule has 0 aromatic carbocycles. The molecule has 1 atom stereocenters. The van der Waals surface area contributed by atoms with Crippen LogP contribution < -0.4 is 0 Å². The minimum Gasteiger partial charge on any atom is -0.469 e. The Morgan fingerprint density at radius 2 is 2.39 bits per heavy atom. The van der Waals surface area contributed by atoms with Gasteiger partial charge in [0, 0.05) is 31.3 Å². The third-order valence-corrected chi connectivity index (χ3v) is 3.77. The molecule has 1 aromatic rings. The second-order valence-electron chi connectivity index (χ2n) is 4.79. The van der Waals surface area contributed by atoms with E-state index in [-0.39, 0.29) is 5.91 Å². The average Bonchev–Trinajstić information content (AvgIpc) is 2.90. The molecule has 18 heavy (non-hydrogen) atoms. The predicted octanol–water partition coefficient (Wildman–Crippen LogP) is 3.22. The Balaban J connectivity index is 1.85. The number of carbonyl (C=O) groups excluding carboxylic acids is 1. The number of likely N-dealkylation sites (tertiary alicyclic amines) is 1. The van der Waals surface area contributed by atoms with Crippen molar-refractivity contribution < 1.29 is 9.21 Å². The molecule has 0 spiro atoms. The summed E-state index contributed by atoms with van der Waals surface area (Å²) in [6.45, 7) is 0.887. The van der Waals surface area contributed by atoms with Gasteiger partial charge < -0.3 is 9.32 Å². The Kier molecular flexibility index (Phi) is 5.12. The quantitative estimate of drug-likeness (QED) is 0.769. The summed E-state index contributed by atoms with van der Waals surface area (Å²) in [4.78, 5) is 14.2. The highest BCUT2D eigenvalue weighted by molar-refractivity contribution is 6.17. The first-order chi connectivity index (χ1) is 8.81. The molecule has 4 heteroatoms. The van der Waals surface area contributed by atoms with Crippen LogP contribution in [-0.4, -0.2) is 29.3 Å². The highest BCUT2D eigenvalue weighted by atomic mass is 35.5. The maximum absolute atomic E-state index is 12.2. The van der Waals surface area contributed by atoms with Crippen LogP contribution in [0.5, 0.6) is 0 Å². The fraction of sp³-hybridized carbons (Fsp3) is 0.643. The van der Waals surface area contributed by atoms with Crippen LogP contribution in [0.3, 0.4) is 0 Å². The molecule has 1 aromatic heterocycles. The van der Waals surface area contributed by atoms with Crippen molar-refractivity contribution in [2.75, 3.05) is 12.4 Å². The van der Waals surface area contributed by atoms with Crippen LogP contribution >= 0.6 is 11.6 Å². The van der Waals surface area contributed by atoms with E-state index in [0.29, 0.717) is 24.8 Å². The summed E-state index contributed by atoms with van der Waals surface area (Å²) in [5.41, 5.74) is 0. The van der Waals surface area contributed by atoms with E-state index in [1.807, 2.05) is 17.0 Å². The van der Waals surface area contributed by atoms with Crippen LogP contribution in [0.2, 0.25) is 0 Å². The number of nitrogens with zero attached hydrogens (tertiary/aromatic N) is 1. The van der Waals surface area contributed by atoms with Gasteiger partial charge in [0.1, 0.15) is 5.76 Å². The van der Waals surface area contributed by atoms with Crippen molar-refractivity contribution in [3.05, 3.63) is 24.2 Å². The molecular weight excluding hydrogens is 250 g/mol. The Labute approximate surface area is 113 Å². The zero-order valence-corrected chi connectivity index (χ0v) is 11.4. The minimum atomic E-state index is 0.237. The smallest absolute Gasteiger partial charge is 0.223 e. The molecule has 100 valence electrons. The van der Waals surface area contributed by atoms with E-state index in [4.69, 9.17) is 16.0 Å². The van der Waals surface area contributed by atoms with Gasteiger partial charge in [0.25, 0.3) is 0 Å². The topological polar surface area (TPSA) is 33.5 Å². The third kappa shape index (κ3) is 3.52. The second-order valence-corrected chi connectivity index (χ2v) is 5.17. The number of aryl methyl sites for hydroxylation is 1. The summed E-state index contributed by atoms with van der Waals surface area (Å²) < 4.78 is 5.25. The number of rotatable bonds is 5. The lowest BCUT2D eigenvalue weighted by molar-refractivity contribution is -0.134.